The molecule has 2 aliphatic rings. The zero-order chi connectivity index (χ0) is 31.0. The van der Waals surface area contributed by atoms with E-state index in [0.29, 0.717) is 46.8 Å². The van der Waals surface area contributed by atoms with Crippen LogP contribution in [0.4, 0.5) is 22.0 Å². The second-order valence-electron chi connectivity index (χ2n) is 11.3. The summed E-state index contributed by atoms with van der Waals surface area (Å²) in [6.07, 6.45) is -0.705. The Hall–Kier alpha value is -2.68. The van der Waals surface area contributed by atoms with E-state index < -0.39 is 34.1 Å². The molecule has 43 heavy (non-hydrogen) atoms. The molecule has 2 fully saturated rings. The van der Waals surface area contributed by atoms with Crippen molar-refractivity contribution in [1.82, 2.24) is 19.9 Å². The zero-order valence-corrected chi connectivity index (χ0v) is 25.1. The average molecular weight is 645 g/mol. The largest absolute Gasteiger partial charge is 0.404 e. The van der Waals surface area contributed by atoms with E-state index >= 15 is 0 Å². The number of carbonyl (C=O) groups excluding carboxylic acids is 1. The van der Waals surface area contributed by atoms with E-state index in [2.05, 4.69) is 10.3 Å². The standard InChI is InChI=1S/C29H33F5N4O3S2/c1-18(29(32,33)34)37-43(40,41)24-11-10-22(20-8-2-3-9-21(20)24)25-23(16-19-6-4-7-19)36-27(42-25)26(39)35-13-15-38-14-5-12-28(30,31)17-38/h2-3,8-11,18-19,37H,4-7,12-17H2,1H3,(H,35,39). The SMILES string of the molecule is CC(NS(=O)(=O)c1ccc(-c2sc(C(=O)NCCN3CCCC(F)(F)C3)nc2CC2CCC2)c2ccccc12)C(F)(F)F. The van der Waals surface area contributed by atoms with Crippen molar-refractivity contribution in [3.8, 4) is 10.4 Å². The molecule has 2 heterocycles. The van der Waals surface area contributed by atoms with Gasteiger partial charge in [-0.2, -0.15) is 17.9 Å². The lowest BCUT2D eigenvalue weighted by Crippen LogP contribution is -2.45. The fraction of sp³-hybridized carbons (Fsp3) is 0.517. The minimum absolute atomic E-state index is 0.133. The van der Waals surface area contributed by atoms with Gasteiger partial charge in [0.25, 0.3) is 11.8 Å². The van der Waals surface area contributed by atoms with Crippen molar-refractivity contribution in [1.29, 1.82) is 0 Å². The highest BCUT2D eigenvalue weighted by Crippen LogP contribution is 2.40. The Bertz CT molecular complexity index is 1590. The van der Waals surface area contributed by atoms with Crippen LogP contribution in [0.2, 0.25) is 0 Å². The summed E-state index contributed by atoms with van der Waals surface area (Å²) in [5.41, 5.74) is 1.32. The molecule has 14 heteroatoms. The molecule has 2 N–H and O–H groups in total. The molecule has 2 aromatic carbocycles. The van der Waals surface area contributed by atoms with Gasteiger partial charge in [-0.15, -0.1) is 11.3 Å². The Morgan fingerprint density at radius 2 is 1.86 bits per heavy atom. The first-order chi connectivity index (χ1) is 20.2. The number of nitrogens with zero attached hydrogens (tertiary/aromatic N) is 2. The average Bonchev–Trinajstić information content (AvgIpc) is 3.32. The van der Waals surface area contributed by atoms with Crippen LogP contribution in [0, 0.1) is 5.92 Å². The second-order valence-corrected chi connectivity index (χ2v) is 14.0. The van der Waals surface area contributed by atoms with Crippen LogP contribution in [0.15, 0.2) is 41.3 Å². The molecule has 1 atom stereocenters. The molecule has 1 aromatic heterocycles. The lowest BCUT2D eigenvalue weighted by atomic mass is 9.81. The molecule has 3 aromatic rings. The Morgan fingerprint density at radius 3 is 2.51 bits per heavy atom. The first-order valence-corrected chi connectivity index (χ1v) is 16.5. The van der Waals surface area contributed by atoms with Crippen LogP contribution in [0.1, 0.15) is 54.5 Å². The van der Waals surface area contributed by atoms with Crippen molar-refractivity contribution in [3.05, 3.63) is 47.1 Å². The summed E-state index contributed by atoms with van der Waals surface area (Å²) < 4.78 is 94.7. The number of sulfonamides is 1. The summed E-state index contributed by atoms with van der Waals surface area (Å²) in [5, 5.41) is 3.74. The van der Waals surface area contributed by atoms with Gasteiger partial charge in [0.05, 0.1) is 22.0 Å². The first kappa shape index (κ1) is 31.7. The van der Waals surface area contributed by atoms with Crippen LogP contribution >= 0.6 is 11.3 Å². The molecule has 1 amide bonds. The normalized spacial score (nSPS) is 18.8. The maximum Gasteiger partial charge on any atom is 0.404 e. The molecule has 0 bridgehead atoms. The number of hydrogen-bond acceptors (Lipinski definition) is 6. The van der Waals surface area contributed by atoms with E-state index in [1.807, 2.05) is 0 Å². The van der Waals surface area contributed by atoms with Crippen LogP contribution in [-0.4, -0.2) is 68.5 Å². The van der Waals surface area contributed by atoms with Gasteiger partial charge in [-0.3, -0.25) is 9.69 Å². The fourth-order valence-corrected chi connectivity index (χ4v) is 7.96. The minimum atomic E-state index is -4.75. The molecule has 1 saturated carbocycles. The predicted octanol–water partition coefficient (Wildman–Crippen LogP) is 6.00. The smallest absolute Gasteiger partial charge is 0.349 e. The van der Waals surface area contributed by atoms with E-state index in [-0.39, 0.29) is 41.3 Å². The summed E-state index contributed by atoms with van der Waals surface area (Å²) in [6.45, 7) is 1.42. The molecule has 1 aliphatic carbocycles. The van der Waals surface area contributed by atoms with Crippen molar-refractivity contribution in [2.45, 2.75) is 68.5 Å². The number of fused-ring (bicyclic) bond motifs is 1. The summed E-state index contributed by atoms with van der Waals surface area (Å²) in [4.78, 5) is 19.8. The number of piperidine rings is 1. The number of alkyl halides is 5. The summed E-state index contributed by atoms with van der Waals surface area (Å²) in [7, 11) is -4.52. The quantitative estimate of drug-likeness (QED) is 0.265. The van der Waals surface area contributed by atoms with E-state index in [4.69, 9.17) is 0 Å². The molecular formula is C29H33F5N4O3S2. The molecule has 1 saturated heterocycles. The highest BCUT2D eigenvalue weighted by atomic mass is 32.2. The highest BCUT2D eigenvalue weighted by molar-refractivity contribution is 7.89. The monoisotopic (exact) mass is 644 g/mol. The van der Waals surface area contributed by atoms with Gasteiger partial charge in [0.2, 0.25) is 10.0 Å². The summed E-state index contributed by atoms with van der Waals surface area (Å²) >= 11 is 1.15. The molecule has 1 unspecified atom stereocenters. The van der Waals surface area contributed by atoms with Gasteiger partial charge in [0.15, 0.2) is 5.01 Å². The lowest BCUT2D eigenvalue weighted by Gasteiger charge is -2.32. The number of aromatic nitrogens is 1. The van der Waals surface area contributed by atoms with Gasteiger partial charge in [-0.25, -0.2) is 22.2 Å². The number of rotatable bonds is 10. The van der Waals surface area contributed by atoms with Crippen molar-refractivity contribution < 1.29 is 35.2 Å². The maximum absolute atomic E-state index is 13.7. The molecular weight excluding hydrogens is 611 g/mol. The number of nitrogens with one attached hydrogen (secondary N) is 2. The Balaban J connectivity index is 1.43. The van der Waals surface area contributed by atoms with E-state index in [1.54, 1.807) is 33.9 Å². The van der Waals surface area contributed by atoms with Crippen molar-refractivity contribution in [3.63, 3.8) is 0 Å². The third-order valence-corrected chi connectivity index (χ3v) is 10.8. The number of halogens is 5. The van der Waals surface area contributed by atoms with E-state index in [0.717, 1.165) is 37.5 Å². The van der Waals surface area contributed by atoms with Crippen LogP contribution in [-0.2, 0) is 16.4 Å². The molecule has 5 rings (SSSR count). The van der Waals surface area contributed by atoms with Crippen LogP contribution in [0.5, 0.6) is 0 Å². The number of thiazole rings is 1. The number of hydrogen-bond donors (Lipinski definition) is 2. The molecule has 0 spiro atoms. The summed E-state index contributed by atoms with van der Waals surface area (Å²) in [6, 6.07) is 7.10. The Morgan fingerprint density at radius 1 is 1.14 bits per heavy atom. The molecule has 234 valence electrons. The summed E-state index contributed by atoms with van der Waals surface area (Å²) in [5.74, 6) is -2.76. The van der Waals surface area contributed by atoms with Gasteiger partial charge < -0.3 is 5.32 Å². The number of likely N-dealkylation sites (tertiary alicyclic amines) is 1. The fourth-order valence-electron chi connectivity index (χ4n) is 5.48. The van der Waals surface area contributed by atoms with E-state index in [9.17, 15) is 35.2 Å². The van der Waals surface area contributed by atoms with Gasteiger partial charge >= 0.3 is 6.18 Å². The second kappa shape index (κ2) is 12.4. The van der Waals surface area contributed by atoms with Crippen LogP contribution < -0.4 is 10.0 Å². The maximum atomic E-state index is 13.7. The third kappa shape index (κ3) is 7.35. The van der Waals surface area contributed by atoms with Crippen molar-refractivity contribution in [2.24, 2.45) is 5.92 Å². The Labute approximate surface area is 250 Å². The van der Waals surface area contributed by atoms with Crippen LogP contribution in [0.3, 0.4) is 0 Å². The van der Waals surface area contributed by atoms with Gasteiger partial charge in [0, 0.05) is 30.5 Å². The zero-order valence-electron chi connectivity index (χ0n) is 23.5. The van der Waals surface area contributed by atoms with Crippen molar-refractivity contribution in [2.75, 3.05) is 26.2 Å². The minimum Gasteiger partial charge on any atom is -0.349 e. The number of amides is 1. The third-order valence-electron chi connectivity index (χ3n) is 8.02. The van der Waals surface area contributed by atoms with E-state index in [1.165, 1.54) is 12.1 Å². The molecule has 0 radical (unpaired) electrons. The predicted molar refractivity (Wildman–Crippen MR) is 155 cm³/mol. The van der Waals surface area contributed by atoms with Crippen molar-refractivity contribution >= 4 is 38.0 Å². The lowest BCUT2D eigenvalue weighted by molar-refractivity contribution is -0.147. The first-order valence-electron chi connectivity index (χ1n) is 14.2. The highest BCUT2D eigenvalue weighted by Gasteiger charge is 2.39. The Kier molecular flexibility index (Phi) is 9.13. The number of carbonyl (C=O) groups is 1. The topological polar surface area (TPSA) is 91.4 Å². The van der Waals surface area contributed by atoms with Crippen LogP contribution in [0.25, 0.3) is 21.2 Å². The molecule has 1 aliphatic heterocycles. The van der Waals surface area contributed by atoms with Gasteiger partial charge in [-0.05, 0) is 43.7 Å². The molecule has 7 nitrogen and oxygen atoms in total. The van der Waals surface area contributed by atoms with Gasteiger partial charge in [-0.1, -0.05) is 49.6 Å². The number of benzene rings is 2. The van der Waals surface area contributed by atoms with Gasteiger partial charge in [0.1, 0.15) is 6.04 Å².